The van der Waals surface area contributed by atoms with Gasteiger partial charge in [-0.15, -0.1) is 0 Å². The molecule has 2 aromatic carbocycles. The van der Waals surface area contributed by atoms with E-state index in [2.05, 4.69) is 13.2 Å². The molecule has 1 unspecified atom stereocenters. The highest BCUT2D eigenvalue weighted by Crippen LogP contribution is 2.46. The first-order valence-corrected chi connectivity index (χ1v) is 8.94. The number of hydrogen-bond donors (Lipinski definition) is 2. The Hall–Kier alpha value is -2.84. The molecule has 0 bridgehead atoms. The van der Waals surface area contributed by atoms with E-state index in [9.17, 15) is 9.36 Å². The first kappa shape index (κ1) is 17.5. The fourth-order valence-electron chi connectivity index (χ4n) is 2.43. The number of rotatable bonds is 7. The molecule has 1 atom stereocenters. The quantitative estimate of drug-likeness (QED) is 0.580. The van der Waals surface area contributed by atoms with Gasteiger partial charge in [0.25, 0.3) is 0 Å². The smallest absolute Gasteiger partial charge is 0.232 e. The van der Waals surface area contributed by atoms with Crippen LogP contribution in [-0.4, -0.2) is 17.7 Å². The lowest BCUT2D eigenvalue weighted by Crippen LogP contribution is -2.16. The van der Waals surface area contributed by atoms with Crippen LogP contribution in [0.4, 0.5) is 0 Å². The van der Waals surface area contributed by atoms with Crippen molar-refractivity contribution in [3.63, 3.8) is 0 Å². The Morgan fingerprint density at radius 1 is 1.00 bits per heavy atom. The third-order valence-electron chi connectivity index (χ3n) is 3.67. The second-order valence-electron chi connectivity index (χ2n) is 5.05. The van der Waals surface area contributed by atoms with Crippen molar-refractivity contribution in [2.75, 3.05) is 0 Å². The van der Waals surface area contributed by atoms with Crippen LogP contribution >= 0.6 is 7.14 Å². The molecule has 0 saturated carbocycles. The average molecular weight is 336 g/mol. The van der Waals surface area contributed by atoms with Crippen molar-refractivity contribution in [2.24, 2.45) is 0 Å². The minimum Gasteiger partial charge on any atom is -0.308 e. The van der Waals surface area contributed by atoms with Crippen molar-refractivity contribution in [3.8, 4) is 0 Å². The number of carbonyl (C=O) groups excluding carboxylic acids is 1. The summed E-state index contributed by atoms with van der Waals surface area (Å²) in [6.45, 7) is 7.39. The van der Waals surface area contributed by atoms with E-state index in [1.807, 2.05) is 0 Å². The molecule has 0 spiro atoms. The fraction of sp³-hybridized carbons (Fsp3) is 0. The van der Waals surface area contributed by atoms with Crippen LogP contribution in [0.15, 0.2) is 55.6 Å². The Labute approximate surface area is 140 Å². The minimum absolute atomic E-state index is 0.210. The van der Waals surface area contributed by atoms with Crippen molar-refractivity contribution in [3.05, 3.63) is 77.9 Å². The van der Waals surface area contributed by atoms with Gasteiger partial charge in [0.1, 0.15) is 0 Å². The Balaban J connectivity index is 2.75. The second kappa shape index (κ2) is 7.16. The van der Waals surface area contributed by atoms with Gasteiger partial charge in [-0.25, -0.2) is 0 Å². The first-order valence-electron chi connectivity index (χ1n) is 7.17. The van der Waals surface area contributed by atoms with E-state index < -0.39 is 12.7 Å². The van der Waals surface area contributed by atoms with Crippen LogP contribution in [0.5, 0.6) is 0 Å². The largest absolute Gasteiger partial charge is 0.308 e. The van der Waals surface area contributed by atoms with Gasteiger partial charge >= 0.3 is 0 Å². The maximum Gasteiger partial charge on any atom is 0.232 e. The number of nitrogens with one attached hydrogen (secondary N) is 2. The predicted molar refractivity (Wildman–Crippen MR) is 101 cm³/mol. The van der Waals surface area contributed by atoms with E-state index >= 15 is 0 Å². The molecule has 2 N–H and O–H groups in total. The zero-order valence-corrected chi connectivity index (χ0v) is 13.9. The van der Waals surface area contributed by atoms with Gasteiger partial charge in [-0.1, -0.05) is 55.6 Å². The lowest BCUT2D eigenvalue weighted by Gasteiger charge is -2.16. The molecule has 24 heavy (non-hydrogen) atoms. The monoisotopic (exact) mass is 336 g/mol. The molecule has 2 aromatic rings. The van der Waals surface area contributed by atoms with Gasteiger partial charge in [0, 0.05) is 17.1 Å². The van der Waals surface area contributed by atoms with E-state index in [0.29, 0.717) is 22.0 Å². The summed E-state index contributed by atoms with van der Waals surface area (Å²) < 4.78 is 13.3. The SMILES string of the molecule is C=Cc1cc(C=N)cc(C=C)c1C(=O)P(=O)(C=N)c1ccccc1. The maximum absolute atomic E-state index is 13.3. The molecule has 0 aromatic heterocycles. The Bertz CT molecular complexity index is 856. The van der Waals surface area contributed by atoms with Crippen LogP contribution in [0.3, 0.4) is 0 Å². The van der Waals surface area contributed by atoms with Crippen molar-refractivity contribution in [1.82, 2.24) is 0 Å². The Morgan fingerprint density at radius 2 is 1.54 bits per heavy atom. The third kappa shape index (κ3) is 2.97. The zero-order chi connectivity index (χ0) is 17.7. The molecule has 0 fully saturated rings. The van der Waals surface area contributed by atoms with Crippen LogP contribution in [-0.2, 0) is 4.57 Å². The van der Waals surface area contributed by atoms with Gasteiger partial charge in [-0.05, 0) is 28.8 Å². The number of benzene rings is 2. The average Bonchev–Trinajstić information content (AvgIpc) is 2.66. The van der Waals surface area contributed by atoms with E-state index in [0.717, 1.165) is 12.2 Å². The normalized spacial score (nSPS) is 12.7. The lowest BCUT2D eigenvalue weighted by molar-refractivity contribution is 0.107. The van der Waals surface area contributed by atoms with Crippen molar-refractivity contribution >= 4 is 42.3 Å². The highest BCUT2D eigenvalue weighted by molar-refractivity contribution is 7.98. The molecule has 120 valence electrons. The topological polar surface area (TPSA) is 81.8 Å². The summed E-state index contributed by atoms with van der Waals surface area (Å²) >= 11 is 0. The minimum atomic E-state index is -3.72. The van der Waals surface area contributed by atoms with Crippen LogP contribution < -0.4 is 5.30 Å². The van der Waals surface area contributed by atoms with Crippen molar-refractivity contribution < 1.29 is 9.36 Å². The summed E-state index contributed by atoms with van der Waals surface area (Å²) in [5.74, 6) is 0.731. The molecule has 5 heteroatoms. The summed E-state index contributed by atoms with van der Waals surface area (Å²) in [4.78, 5) is 13.1. The van der Waals surface area contributed by atoms with Crippen LogP contribution in [0, 0.1) is 10.8 Å². The highest BCUT2D eigenvalue weighted by Gasteiger charge is 2.34. The molecule has 0 radical (unpaired) electrons. The molecule has 0 saturated heterocycles. The molecule has 4 nitrogen and oxygen atoms in total. The van der Waals surface area contributed by atoms with E-state index in [-0.39, 0.29) is 5.56 Å². The number of carbonyl (C=O) groups is 1. The molecule has 0 aliphatic carbocycles. The van der Waals surface area contributed by atoms with Gasteiger partial charge in [-0.3, -0.25) is 4.79 Å². The van der Waals surface area contributed by atoms with Gasteiger partial charge in [0.15, 0.2) is 0 Å². The van der Waals surface area contributed by atoms with Crippen LogP contribution in [0.25, 0.3) is 12.2 Å². The highest BCUT2D eigenvalue weighted by atomic mass is 31.2. The molecule has 0 aliphatic heterocycles. The fourth-order valence-corrected chi connectivity index (χ4v) is 4.14. The molecular formula is C19H17N2O2P. The third-order valence-corrected chi connectivity index (χ3v) is 5.92. The Morgan fingerprint density at radius 3 is 1.96 bits per heavy atom. The van der Waals surface area contributed by atoms with Gasteiger partial charge in [0.2, 0.25) is 12.7 Å². The van der Waals surface area contributed by atoms with Gasteiger partial charge in [-0.2, -0.15) is 0 Å². The van der Waals surface area contributed by atoms with Crippen LogP contribution in [0.2, 0.25) is 0 Å². The summed E-state index contributed by atoms with van der Waals surface area (Å²) in [7, 11) is -3.72. The van der Waals surface area contributed by atoms with Gasteiger partial charge < -0.3 is 15.4 Å². The summed E-state index contributed by atoms with van der Waals surface area (Å²) in [6, 6.07) is 11.5. The van der Waals surface area contributed by atoms with Crippen molar-refractivity contribution in [2.45, 2.75) is 0 Å². The molecular weight excluding hydrogens is 319 g/mol. The summed E-state index contributed by atoms with van der Waals surface area (Å²) in [6.07, 6.45) is 4.11. The van der Waals surface area contributed by atoms with Crippen molar-refractivity contribution in [1.29, 1.82) is 10.8 Å². The second-order valence-corrected chi connectivity index (χ2v) is 7.55. The standard InChI is InChI=1S/C19H17N2O2P/c1-3-15-10-14(12-20)11-16(4-2)18(15)19(22)24(23,13-21)17-8-6-5-7-9-17/h3-13,20-21H,1-2H2. The van der Waals surface area contributed by atoms with E-state index in [1.54, 1.807) is 42.5 Å². The van der Waals surface area contributed by atoms with Crippen LogP contribution in [0.1, 0.15) is 27.0 Å². The van der Waals surface area contributed by atoms with Gasteiger partial charge in [0.05, 0.1) is 5.96 Å². The molecule has 0 heterocycles. The Kier molecular flexibility index (Phi) is 5.22. The molecule has 0 amide bonds. The summed E-state index contributed by atoms with van der Waals surface area (Å²) in [5.41, 5.74) is 1.09. The van der Waals surface area contributed by atoms with E-state index in [4.69, 9.17) is 10.8 Å². The number of hydrogen-bond acceptors (Lipinski definition) is 4. The maximum atomic E-state index is 13.3. The zero-order valence-electron chi connectivity index (χ0n) is 13.0. The lowest BCUT2D eigenvalue weighted by atomic mass is 9.98. The first-order chi connectivity index (χ1) is 11.5. The molecule has 2 rings (SSSR count). The van der Waals surface area contributed by atoms with E-state index in [1.165, 1.54) is 12.2 Å². The molecule has 0 aliphatic rings. The predicted octanol–water partition coefficient (Wildman–Crippen LogP) is 4.41. The summed E-state index contributed by atoms with van der Waals surface area (Å²) in [5, 5.41) is 15.3.